The summed E-state index contributed by atoms with van der Waals surface area (Å²) in [6, 6.07) is 0. The van der Waals surface area contributed by atoms with Gasteiger partial charge in [0, 0.05) is 39.3 Å². The molecular formula is C21H33N6O6-3. The van der Waals surface area contributed by atoms with Crippen molar-refractivity contribution in [2.75, 3.05) is 69.6 Å². The quantitative estimate of drug-likeness (QED) is 0.525. The standard InChI is InChI=1S/C21H33N6O6/c28-25(29)19-16(22-10-4-1-5-11-22)20(26(30)31)18(24-14-8-3-9-15-24)21(27(32)33)17(19)23-12-6-2-7-13-23/h28-30H,1-15H2/q-3. The molecule has 186 valence electrons. The van der Waals surface area contributed by atoms with Gasteiger partial charge in [-0.1, -0.05) is 0 Å². The maximum atomic E-state index is 12.6. The van der Waals surface area contributed by atoms with Crippen molar-refractivity contribution in [1.29, 1.82) is 0 Å². The van der Waals surface area contributed by atoms with E-state index in [9.17, 15) is 31.2 Å². The molecule has 3 saturated heterocycles. The average molecular weight is 466 g/mol. The molecule has 3 aliphatic heterocycles. The average Bonchev–Trinajstić information content (AvgIpc) is 2.83. The van der Waals surface area contributed by atoms with E-state index in [-0.39, 0.29) is 44.6 Å². The zero-order chi connectivity index (χ0) is 23.5. The third-order valence-corrected chi connectivity index (χ3v) is 6.94. The minimum Gasteiger partial charge on any atom is -0.769 e. The van der Waals surface area contributed by atoms with Crippen LogP contribution in [-0.2, 0) is 0 Å². The largest absolute Gasteiger partial charge is 0.769 e. The summed E-state index contributed by atoms with van der Waals surface area (Å²) in [4.78, 5) is 5.44. The highest BCUT2D eigenvalue weighted by Gasteiger charge is 2.35. The molecule has 0 aliphatic carbocycles. The molecule has 0 aromatic heterocycles. The summed E-state index contributed by atoms with van der Waals surface area (Å²) in [6.07, 6.45) is 7.89. The van der Waals surface area contributed by atoms with Gasteiger partial charge in [0.05, 0.1) is 22.7 Å². The molecule has 12 heteroatoms. The number of hydrogen-bond acceptors (Lipinski definition) is 12. The molecule has 4 rings (SSSR count). The highest BCUT2D eigenvalue weighted by molar-refractivity contribution is 6.09. The van der Waals surface area contributed by atoms with Crippen LogP contribution in [0.2, 0.25) is 0 Å². The summed E-state index contributed by atoms with van der Waals surface area (Å²) < 4.78 is 0. The van der Waals surface area contributed by atoms with Gasteiger partial charge in [-0.15, -0.1) is 5.23 Å². The monoisotopic (exact) mass is 465 g/mol. The molecule has 3 heterocycles. The SMILES string of the molecule is [O-]N([O-])c1c(N2CCCCC2)c(N([O-])O)c(N2CCCCC2)c(N(O)O)c1N1CCCCC1. The Balaban J connectivity index is 2.06. The Morgan fingerprint density at radius 1 is 0.485 bits per heavy atom. The molecule has 0 radical (unpaired) electrons. The second kappa shape index (κ2) is 10.4. The first kappa shape index (κ1) is 23.9. The van der Waals surface area contributed by atoms with Crippen molar-refractivity contribution in [3.8, 4) is 0 Å². The van der Waals surface area contributed by atoms with Crippen LogP contribution in [0, 0.1) is 15.6 Å². The van der Waals surface area contributed by atoms with E-state index in [1.165, 1.54) is 0 Å². The van der Waals surface area contributed by atoms with Crippen LogP contribution in [0.15, 0.2) is 0 Å². The van der Waals surface area contributed by atoms with Crippen molar-refractivity contribution in [2.45, 2.75) is 57.8 Å². The van der Waals surface area contributed by atoms with Gasteiger partial charge in [0.2, 0.25) is 0 Å². The lowest BCUT2D eigenvalue weighted by Crippen LogP contribution is -2.38. The van der Waals surface area contributed by atoms with Crippen molar-refractivity contribution in [1.82, 2.24) is 0 Å². The third-order valence-electron chi connectivity index (χ3n) is 6.94. The second-order valence-electron chi connectivity index (χ2n) is 9.05. The molecule has 0 unspecified atom stereocenters. The van der Waals surface area contributed by atoms with Crippen LogP contribution < -0.4 is 30.4 Å². The third kappa shape index (κ3) is 4.72. The number of piperidine rings is 3. The van der Waals surface area contributed by atoms with E-state index < -0.39 is 5.23 Å². The smallest absolute Gasteiger partial charge is 0.145 e. The lowest BCUT2D eigenvalue weighted by molar-refractivity contribution is 0.0296. The Bertz CT molecular complexity index is 679. The van der Waals surface area contributed by atoms with Crippen molar-refractivity contribution in [3.63, 3.8) is 0 Å². The predicted molar refractivity (Wildman–Crippen MR) is 128 cm³/mol. The molecule has 33 heavy (non-hydrogen) atoms. The summed E-state index contributed by atoms with van der Waals surface area (Å²) in [5, 5.41) is 67.6. The summed E-state index contributed by atoms with van der Waals surface area (Å²) in [7, 11) is 0. The normalized spacial score (nSPS) is 19.6. The molecule has 3 aliphatic rings. The van der Waals surface area contributed by atoms with Crippen LogP contribution in [0.4, 0.5) is 34.1 Å². The zero-order valence-corrected chi connectivity index (χ0v) is 18.9. The highest BCUT2D eigenvalue weighted by Crippen LogP contribution is 2.57. The summed E-state index contributed by atoms with van der Waals surface area (Å²) in [5.41, 5.74) is -0.609. The second-order valence-corrected chi connectivity index (χ2v) is 9.05. The van der Waals surface area contributed by atoms with Gasteiger partial charge in [-0.2, -0.15) is 0 Å². The Labute approximate surface area is 193 Å². The fourth-order valence-electron chi connectivity index (χ4n) is 5.47. The first-order chi connectivity index (χ1) is 15.9. The van der Waals surface area contributed by atoms with E-state index in [0.717, 1.165) is 57.8 Å². The van der Waals surface area contributed by atoms with E-state index in [1.807, 2.05) is 9.80 Å². The fraction of sp³-hybridized carbons (Fsp3) is 0.714. The Morgan fingerprint density at radius 2 is 0.818 bits per heavy atom. The lowest BCUT2D eigenvalue weighted by Gasteiger charge is -2.49. The summed E-state index contributed by atoms with van der Waals surface area (Å²) in [5.74, 6) is 0. The molecule has 0 spiro atoms. The van der Waals surface area contributed by atoms with Gasteiger partial charge in [0.25, 0.3) is 0 Å². The van der Waals surface area contributed by atoms with E-state index in [0.29, 0.717) is 39.3 Å². The van der Waals surface area contributed by atoms with Gasteiger partial charge in [0.15, 0.2) is 0 Å². The minimum absolute atomic E-state index is 0.0592. The fourth-order valence-corrected chi connectivity index (χ4v) is 5.47. The van der Waals surface area contributed by atoms with Crippen LogP contribution in [0.1, 0.15) is 57.8 Å². The first-order valence-electron chi connectivity index (χ1n) is 11.9. The van der Waals surface area contributed by atoms with Gasteiger partial charge >= 0.3 is 0 Å². The number of anilines is 6. The summed E-state index contributed by atoms with van der Waals surface area (Å²) >= 11 is 0. The van der Waals surface area contributed by atoms with Crippen LogP contribution in [-0.4, -0.2) is 54.9 Å². The van der Waals surface area contributed by atoms with Gasteiger partial charge < -0.3 is 40.8 Å². The van der Waals surface area contributed by atoms with E-state index in [2.05, 4.69) is 0 Å². The highest BCUT2D eigenvalue weighted by atomic mass is 16.8. The molecule has 1 aromatic rings. The molecule has 1 aromatic carbocycles. The molecule has 3 fully saturated rings. The molecule has 0 atom stereocenters. The van der Waals surface area contributed by atoms with Gasteiger partial charge in [0.1, 0.15) is 11.4 Å². The number of nitrogens with zero attached hydrogens (tertiary/aromatic N) is 6. The Hall–Kier alpha value is -2.22. The number of rotatable bonds is 6. The van der Waals surface area contributed by atoms with E-state index in [4.69, 9.17) is 0 Å². The zero-order valence-electron chi connectivity index (χ0n) is 18.9. The van der Waals surface area contributed by atoms with Crippen molar-refractivity contribution in [2.24, 2.45) is 0 Å². The molecule has 0 bridgehead atoms. The van der Waals surface area contributed by atoms with E-state index >= 15 is 0 Å². The molecule has 12 nitrogen and oxygen atoms in total. The van der Waals surface area contributed by atoms with E-state index in [1.54, 1.807) is 4.90 Å². The Kier molecular flexibility index (Phi) is 7.51. The van der Waals surface area contributed by atoms with Gasteiger partial charge in [-0.05, 0) is 57.8 Å². The predicted octanol–water partition coefficient (Wildman–Crippen LogP) is 3.74. The molecular weight excluding hydrogens is 432 g/mol. The van der Waals surface area contributed by atoms with Crippen molar-refractivity contribution >= 4 is 34.1 Å². The molecule has 3 N–H and O–H groups in total. The van der Waals surface area contributed by atoms with Gasteiger partial charge in [-0.25, -0.2) is 0 Å². The number of hydrogen-bond donors (Lipinski definition) is 3. The van der Waals surface area contributed by atoms with Gasteiger partial charge in [-0.3, -0.25) is 15.6 Å². The van der Waals surface area contributed by atoms with Crippen LogP contribution in [0.25, 0.3) is 0 Å². The van der Waals surface area contributed by atoms with Crippen LogP contribution in [0.5, 0.6) is 0 Å². The van der Waals surface area contributed by atoms with Crippen LogP contribution >= 0.6 is 0 Å². The van der Waals surface area contributed by atoms with Crippen molar-refractivity contribution in [3.05, 3.63) is 15.6 Å². The molecule has 0 amide bonds. The lowest BCUT2D eigenvalue weighted by atomic mass is 10.00. The van der Waals surface area contributed by atoms with Crippen LogP contribution in [0.3, 0.4) is 0 Å². The minimum atomic E-state index is -0.562. The maximum Gasteiger partial charge on any atom is 0.145 e. The summed E-state index contributed by atoms with van der Waals surface area (Å²) in [6.45, 7) is 3.17. The number of benzene rings is 1. The molecule has 0 saturated carbocycles. The van der Waals surface area contributed by atoms with Crippen molar-refractivity contribution < 1.29 is 15.6 Å². The topological polar surface area (TPSA) is 149 Å². The maximum absolute atomic E-state index is 12.6. The first-order valence-corrected chi connectivity index (χ1v) is 11.9. The Morgan fingerprint density at radius 3 is 1.12 bits per heavy atom.